The Morgan fingerprint density at radius 3 is 1.54 bits per heavy atom. The quantitative estimate of drug-likeness (QED) is 0.400. The van der Waals surface area contributed by atoms with Crippen LogP contribution in [0.25, 0.3) is 0 Å². The van der Waals surface area contributed by atoms with E-state index < -0.39 is 10.4 Å². The van der Waals surface area contributed by atoms with Crippen molar-refractivity contribution in [1.29, 1.82) is 0 Å². The number of aromatic hydroxyl groups is 1. The van der Waals surface area contributed by atoms with Gasteiger partial charge in [-0.1, -0.05) is 18.2 Å². The molecule has 0 unspecified atom stereocenters. The molecule has 0 aromatic heterocycles. The van der Waals surface area contributed by atoms with E-state index in [1.807, 2.05) is 6.07 Å². The summed E-state index contributed by atoms with van der Waals surface area (Å²) in [5, 5.41) is 8.63. The van der Waals surface area contributed by atoms with Gasteiger partial charge >= 0.3 is 17.1 Å². The number of para-hydroxylation sites is 1. The molecular formula is C6H6CuO5S. The van der Waals surface area contributed by atoms with Crippen LogP contribution in [0, 0.1) is 0 Å². The summed E-state index contributed by atoms with van der Waals surface area (Å²) in [5.41, 5.74) is 0. The van der Waals surface area contributed by atoms with Crippen LogP contribution < -0.4 is 0 Å². The van der Waals surface area contributed by atoms with Crippen molar-refractivity contribution >= 4 is 10.4 Å². The van der Waals surface area contributed by atoms with Crippen LogP contribution in [0.3, 0.4) is 0 Å². The summed E-state index contributed by atoms with van der Waals surface area (Å²) in [5.74, 6) is 0.322. The smallest absolute Gasteiger partial charge is 0.759 e. The van der Waals surface area contributed by atoms with E-state index in [-0.39, 0.29) is 17.1 Å². The van der Waals surface area contributed by atoms with Gasteiger partial charge in [-0.15, -0.1) is 0 Å². The Bertz CT molecular complexity index is 301. The third kappa shape index (κ3) is 18.4. The van der Waals surface area contributed by atoms with Gasteiger partial charge in [-0.2, -0.15) is 0 Å². The van der Waals surface area contributed by atoms with Crippen LogP contribution in [0.1, 0.15) is 0 Å². The Labute approximate surface area is 86.5 Å². The summed E-state index contributed by atoms with van der Waals surface area (Å²) in [7, 11) is -5.17. The van der Waals surface area contributed by atoms with Crippen molar-refractivity contribution in [3.63, 3.8) is 0 Å². The molecule has 0 aliphatic heterocycles. The molecule has 1 aromatic carbocycles. The molecular weight excluding hydrogens is 248 g/mol. The molecule has 0 aliphatic carbocycles. The fourth-order valence-corrected chi connectivity index (χ4v) is 0.428. The first-order valence-electron chi connectivity index (χ1n) is 2.80. The van der Waals surface area contributed by atoms with Crippen LogP contribution >= 0.6 is 0 Å². The summed E-state index contributed by atoms with van der Waals surface area (Å²) in [6.07, 6.45) is 0. The van der Waals surface area contributed by atoms with Crippen molar-refractivity contribution in [2.45, 2.75) is 0 Å². The second-order valence-electron chi connectivity index (χ2n) is 1.74. The van der Waals surface area contributed by atoms with Gasteiger partial charge in [-0.05, 0) is 12.1 Å². The molecule has 1 aromatic rings. The number of hydrogen-bond acceptors (Lipinski definition) is 5. The van der Waals surface area contributed by atoms with Gasteiger partial charge in [-0.3, -0.25) is 8.42 Å². The van der Waals surface area contributed by atoms with E-state index in [0.717, 1.165) is 0 Å². The largest absolute Gasteiger partial charge is 2.00 e. The second-order valence-corrected chi connectivity index (χ2v) is 2.56. The number of benzene rings is 1. The molecule has 0 atom stereocenters. The normalized spacial score (nSPS) is 9.08. The second kappa shape index (κ2) is 6.88. The van der Waals surface area contributed by atoms with Crippen LogP contribution in [-0.2, 0) is 27.5 Å². The zero-order valence-electron chi connectivity index (χ0n) is 6.18. The molecule has 0 amide bonds. The van der Waals surface area contributed by atoms with Gasteiger partial charge in [0.2, 0.25) is 0 Å². The van der Waals surface area contributed by atoms with E-state index >= 15 is 0 Å². The van der Waals surface area contributed by atoms with Gasteiger partial charge in [0, 0.05) is 10.4 Å². The Morgan fingerprint density at radius 2 is 1.38 bits per heavy atom. The standard InChI is InChI=1S/C6H6O.Cu.H2O4S/c7-6-4-2-1-3-5-6;;1-5(2,3)4/h1-5,7H;;(H2,1,2,3,4)/q;+2;/p-2. The minimum atomic E-state index is -5.17. The molecule has 1 rings (SSSR count). The Hall–Kier alpha value is -0.591. The van der Waals surface area contributed by atoms with Crippen LogP contribution in [0.5, 0.6) is 5.75 Å². The number of rotatable bonds is 0. The van der Waals surface area contributed by atoms with Gasteiger partial charge in [0.05, 0.1) is 0 Å². The first kappa shape index (κ1) is 14.9. The fourth-order valence-electron chi connectivity index (χ4n) is 0.428. The maximum atomic E-state index is 8.63. The zero-order valence-corrected chi connectivity index (χ0v) is 7.93. The summed E-state index contributed by atoms with van der Waals surface area (Å²) in [4.78, 5) is 0. The molecule has 7 heteroatoms. The van der Waals surface area contributed by atoms with Crippen molar-refractivity contribution in [2.24, 2.45) is 0 Å². The van der Waals surface area contributed by atoms with E-state index in [1.54, 1.807) is 24.3 Å². The summed E-state index contributed by atoms with van der Waals surface area (Å²) in [6, 6.07) is 8.71. The molecule has 0 bridgehead atoms. The molecule has 0 heterocycles. The molecule has 0 saturated heterocycles. The minimum Gasteiger partial charge on any atom is -0.759 e. The third-order valence-corrected chi connectivity index (χ3v) is 0.756. The third-order valence-electron chi connectivity index (χ3n) is 0.756. The van der Waals surface area contributed by atoms with Gasteiger partial charge in [0.15, 0.2) is 0 Å². The molecule has 5 nitrogen and oxygen atoms in total. The predicted octanol–water partition coefficient (Wildman–Crippen LogP) is 0.0517. The van der Waals surface area contributed by atoms with Crippen molar-refractivity contribution in [3.8, 4) is 5.75 Å². The SMILES string of the molecule is O=S(=O)([O-])[O-].Oc1ccccc1.[Cu+2]. The van der Waals surface area contributed by atoms with E-state index in [1.165, 1.54) is 0 Å². The number of phenols is 1. The van der Waals surface area contributed by atoms with Crippen molar-refractivity contribution in [3.05, 3.63) is 30.3 Å². The van der Waals surface area contributed by atoms with E-state index in [9.17, 15) is 0 Å². The van der Waals surface area contributed by atoms with E-state index in [4.69, 9.17) is 22.6 Å². The molecule has 0 aliphatic rings. The predicted molar refractivity (Wildman–Crippen MR) is 38.6 cm³/mol. The molecule has 1 radical (unpaired) electrons. The molecule has 1 N–H and O–H groups in total. The summed E-state index contributed by atoms with van der Waals surface area (Å²) >= 11 is 0. The van der Waals surface area contributed by atoms with Gasteiger partial charge < -0.3 is 14.2 Å². The summed E-state index contributed by atoms with van der Waals surface area (Å²) in [6.45, 7) is 0. The Morgan fingerprint density at radius 1 is 1.08 bits per heavy atom. The topological polar surface area (TPSA) is 100 Å². The maximum absolute atomic E-state index is 8.63. The van der Waals surface area contributed by atoms with Crippen LogP contribution in [0.2, 0.25) is 0 Å². The van der Waals surface area contributed by atoms with Crippen LogP contribution in [-0.4, -0.2) is 22.6 Å². The van der Waals surface area contributed by atoms with Crippen molar-refractivity contribution in [1.82, 2.24) is 0 Å². The Kier molecular flexibility index (Phi) is 7.88. The van der Waals surface area contributed by atoms with Crippen molar-refractivity contribution < 1.29 is 39.7 Å². The van der Waals surface area contributed by atoms with E-state index in [0.29, 0.717) is 5.75 Å². The van der Waals surface area contributed by atoms with Gasteiger partial charge in [0.25, 0.3) is 0 Å². The molecule has 0 spiro atoms. The average Bonchev–Trinajstić information content (AvgIpc) is 1.85. The van der Waals surface area contributed by atoms with E-state index in [2.05, 4.69) is 0 Å². The Balaban J connectivity index is 0. The monoisotopic (exact) mass is 253 g/mol. The average molecular weight is 254 g/mol. The van der Waals surface area contributed by atoms with Gasteiger partial charge in [0.1, 0.15) is 5.75 Å². The first-order chi connectivity index (χ1) is 5.39. The van der Waals surface area contributed by atoms with Crippen LogP contribution in [0.15, 0.2) is 30.3 Å². The molecule has 0 saturated carbocycles. The summed E-state index contributed by atoms with van der Waals surface area (Å²) < 4.78 is 34.1. The van der Waals surface area contributed by atoms with Gasteiger partial charge in [-0.25, -0.2) is 0 Å². The molecule has 77 valence electrons. The molecule has 13 heavy (non-hydrogen) atoms. The fraction of sp³-hybridized carbons (Fsp3) is 0. The van der Waals surface area contributed by atoms with Crippen LogP contribution in [0.4, 0.5) is 0 Å². The number of phenolic OH excluding ortho intramolecular Hbond substituents is 1. The number of hydrogen-bond donors (Lipinski definition) is 1. The minimum absolute atomic E-state index is 0. The van der Waals surface area contributed by atoms with Crippen molar-refractivity contribution in [2.75, 3.05) is 0 Å². The first-order valence-corrected chi connectivity index (χ1v) is 4.13. The molecule has 0 fully saturated rings. The zero-order chi connectivity index (χ0) is 9.61. The maximum Gasteiger partial charge on any atom is 2.00 e.